The van der Waals surface area contributed by atoms with Gasteiger partial charge in [0.25, 0.3) is 0 Å². The smallest absolute Gasteiger partial charge is 0.0620 e. The lowest BCUT2D eigenvalue weighted by atomic mass is 9.94. The molecule has 0 saturated carbocycles. The van der Waals surface area contributed by atoms with E-state index < -0.39 is 0 Å². The minimum Gasteiger partial charge on any atom is -0.309 e. The van der Waals surface area contributed by atoms with Crippen molar-refractivity contribution in [2.75, 3.05) is 0 Å². The van der Waals surface area contributed by atoms with E-state index in [9.17, 15) is 0 Å². The Balaban J connectivity index is 0.802. The van der Waals surface area contributed by atoms with Crippen molar-refractivity contribution >= 4 is 114 Å². The van der Waals surface area contributed by atoms with Gasteiger partial charge in [0.05, 0.1) is 38.6 Å². The lowest BCUT2D eigenvalue weighted by Crippen LogP contribution is -1.95. The van der Waals surface area contributed by atoms with Gasteiger partial charge in [0.2, 0.25) is 0 Å². The van der Waals surface area contributed by atoms with Crippen LogP contribution in [0.25, 0.3) is 148 Å². The molecule has 67 heavy (non-hydrogen) atoms. The minimum atomic E-state index is 1.15. The molecule has 0 fully saturated rings. The van der Waals surface area contributed by atoms with Crippen LogP contribution in [0.15, 0.2) is 224 Å². The van der Waals surface area contributed by atoms with Gasteiger partial charge in [-0.3, -0.25) is 0 Å². The van der Waals surface area contributed by atoms with Gasteiger partial charge in [-0.15, -0.1) is 0 Å². The summed E-state index contributed by atoms with van der Waals surface area (Å²) in [5.41, 5.74) is 15.8. The van der Waals surface area contributed by atoms with Crippen LogP contribution in [0.3, 0.4) is 0 Å². The van der Waals surface area contributed by atoms with Gasteiger partial charge in [-0.1, -0.05) is 152 Å². The molecule has 0 aliphatic carbocycles. The normalized spacial score (nSPS) is 12.5. The number of para-hydroxylation sites is 4. The van der Waals surface area contributed by atoms with Crippen molar-refractivity contribution in [2.45, 2.75) is 0 Å². The SMILES string of the molecule is c1cc2ccc3cc(-n4c5ccccc5c5cc(-c6ccc7c(c6)c6ccccc6n7-c6ccc(-c7ccc8c9cccc%10c%11ccccc%11n(c8c7)c%109)cc6)ccc54)cc4ccc(c1)c2c34. The molecule has 3 heteroatoms. The van der Waals surface area contributed by atoms with Crippen LogP contribution in [0.4, 0.5) is 0 Å². The van der Waals surface area contributed by atoms with Gasteiger partial charge in [0, 0.05) is 54.5 Å². The Labute approximate surface area is 383 Å². The van der Waals surface area contributed by atoms with E-state index in [0.717, 1.165) is 5.69 Å². The van der Waals surface area contributed by atoms with Crippen LogP contribution in [0.1, 0.15) is 0 Å². The summed E-state index contributed by atoms with van der Waals surface area (Å²) < 4.78 is 7.34. The molecule has 3 nitrogen and oxygen atoms in total. The number of hydrogen-bond acceptors (Lipinski definition) is 0. The standard InChI is InChI=1S/C64H37N3/c1-6-18-58-48(11-1)52-14-8-15-53-51-30-25-43(37-61(51)67(58)64(52)53)38-23-28-46(29-24-38)65-56-16-4-2-12-49(56)54-35-41(26-31-59(54)65)42-27-32-60-55(36-42)50-13-3-5-17-57(50)66(60)47-33-44-21-19-39-9-7-10-40-20-22-45(34-47)63(44)62(39)40/h1-37H. The molecule has 0 spiro atoms. The van der Waals surface area contributed by atoms with Crippen molar-refractivity contribution in [3.8, 4) is 33.6 Å². The molecule has 12 aromatic carbocycles. The zero-order chi connectivity index (χ0) is 43.5. The van der Waals surface area contributed by atoms with Crippen LogP contribution in [-0.2, 0) is 0 Å². The number of rotatable bonds is 4. The first kappa shape index (κ1) is 35.4. The summed E-state index contributed by atoms with van der Waals surface area (Å²) in [6, 6.07) is 83.8. The second kappa shape index (κ2) is 12.9. The summed E-state index contributed by atoms with van der Waals surface area (Å²) in [6.07, 6.45) is 0. The number of aromatic nitrogens is 3. The average Bonchev–Trinajstić information content (AvgIpc) is 4.12. The maximum Gasteiger partial charge on any atom is 0.0620 e. The molecule has 308 valence electrons. The van der Waals surface area contributed by atoms with Gasteiger partial charge in [-0.05, 0) is 127 Å². The van der Waals surface area contributed by atoms with Crippen molar-refractivity contribution in [3.63, 3.8) is 0 Å². The predicted molar refractivity (Wildman–Crippen MR) is 284 cm³/mol. The maximum absolute atomic E-state index is 2.46. The number of fused-ring (bicyclic) bond motifs is 12. The fraction of sp³-hybridized carbons (Fsp3) is 0. The van der Waals surface area contributed by atoms with E-state index in [1.165, 1.54) is 142 Å². The van der Waals surface area contributed by atoms with Crippen molar-refractivity contribution in [3.05, 3.63) is 224 Å². The van der Waals surface area contributed by atoms with Crippen LogP contribution in [0, 0.1) is 0 Å². The van der Waals surface area contributed by atoms with E-state index >= 15 is 0 Å². The molecular formula is C64H37N3. The lowest BCUT2D eigenvalue weighted by molar-refractivity contribution is 1.18. The van der Waals surface area contributed by atoms with Gasteiger partial charge >= 0.3 is 0 Å². The summed E-state index contributed by atoms with van der Waals surface area (Å²) in [4.78, 5) is 0. The maximum atomic E-state index is 2.46. The number of hydrogen-bond donors (Lipinski definition) is 0. The zero-order valence-electron chi connectivity index (χ0n) is 36.2. The monoisotopic (exact) mass is 847 g/mol. The summed E-state index contributed by atoms with van der Waals surface area (Å²) >= 11 is 0. The molecule has 16 aromatic rings. The highest BCUT2D eigenvalue weighted by molar-refractivity contribution is 6.25. The van der Waals surface area contributed by atoms with Crippen LogP contribution in [0.2, 0.25) is 0 Å². The van der Waals surface area contributed by atoms with E-state index in [0.29, 0.717) is 0 Å². The van der Waals surface area contributed by atoms with Crippen molar-refractivity contribution in [2.24, 2.45) is 0 Å². The largest absolute Gasteiger partial charge is 0.309 e. The highest BCUT2D eigenvalue weighted by Crippen LogP contribution is 2.43. The third kappa shape index (κ3) is 4.74. The summed E-state index contributed by atoms with van der Waals surface area (Å²) in [5.74, 6) is 0. The second-order valence-corrected chi connectivity index (χ2v) is 18.5. The van der Waals surface area contributed by atoms with Crippen LogP contribution >= 0.6 is 0 Å². The van der Waals surface area contributed by atoms with Gasteiger partial charge < -0.3 is 13.5 Å². The summed E-state index contributed by atoms with van der Waals surface area (Å²) in [5, 5.41) is 18.0. The van der Waals surface area contributed by atoms with Crippen LogP contribution < -0.4 is 0 Å². The van der Waals surface area contributed by atoms with E-state index in [1.54, 1.807) is 0 Å². The predicted octanol–water partition coefficient (Wildman–Crippen LogP) is 17.3. The topological polar surface area (TPSA) is 14.3 Å². The molecule has 0 unspecified atom stereocenters. The molecule has 0 radical (unpaired) electrons. The zero-order valence-corrected chi connectivity index (χ0v) is 36.2. The number of nitrogens with zero attached hydrogens (tertiary/aromatic N) is 3. The minimum absolute atomic E-state index is 1.15. The Kier molecular flexibility index (Phi) is 6.81. The molecular weight excluding hydrogens is 811 g/mol. The van der Waals surface area contributed by atoms with Crippen LogP contribution in [-0.4, -0.2) is 13.5 Å². The quantitative estimate of drug-likeness (QED) is 0.157. The van der Waals surface area contributed by atoms with E-state index in [1.807, 2.05) is 0 Å². The Hall–Kier alpha value is -8.92. The molecule has 0 aliphatic heterocycles. The first-order valence-electron chi connectivity index (χ1n) is 23.2. The van der Waals surface area contributed by atoms with Gasteiger partial charge in [-0.2, -0.15) is 0 Å². The fourth-order valence-corrected chi connectivity index (χ4v) is 12.1. The molecule has 4 aromatic heterocycles. The van der Waals surface area contributed by atoms with Crippen molar-refractivity contribution < 1.29 is 0 Å². The Morgan fingerprint density at radius 1 is 0.224 bits per heavy atom. The Morgan fingerprint density at radius 3 is 1.28 bits per heavy atom. The molecule has 0 atom stereocenters. The Bertz CT molecular complexity index is 4670. The third-order valence-corrected chi connectivity index (χ3v) is 15.1. The fourth-order valence-electron chi connectivity index (χ4n) is 12.1. The molecule has 0 saturated heterocycles. The second-order valence-electron chi connectivity index (χ2n) is 18.5. The van der Waals surface area contributed by atoms with Gasteiger partial charge in [0.1, 0.15) is 0 Å². The molecule has 4 heterocycles. The van der Waals surface area contributed by atoms with E-state index in [2.05, 4.69) is 238 Å². The van der Waals surface area contributed by atoms with Crippen LogP contribution in [0.5, 0.6) is 0 Å². The Morgan fingerprint density at radius 2 is 0.657 bits per heavy atom. The summed E-state index contributed by atoms with van der Waals surface area (Å²) in [7, 11) is 0. The van der Waals surface area contributed by atoms with Gasteiger partial charge in [0.15, 0.2) is 0 Å². The average molecular weight is 848 g/mol. The lowest BCUT2D eigenvalue weighted by Gasteiger charge is -2.14. The van der Waals surface area contributed by atoms with Crippen molar-refractivity contribution in [1.29, 1.82) is 0 Å². The molecule has 0 N–H and O–H groups in total. The first-order valence-corrected chi connectivity index (χ1v) is 23.2. The summed E-state index contributed by atoms with van der Waals surface area (Å²) in [6.45, 7) is 0. The molecule has 16 rings (SSSR count). The molecule has 0 aliphatic rings. The highest BCUT2D eigenvalue weighted by atomic mass is 15.0. The van der Waals surface area contributed by atoms with E-state index in [-0.39, 0.29) is 0 Å². The first-order chi connectivity index (χ1) is 33.2. The third-order valence-electron chi connectivity index (χ3n) is 15.1. The van der Waals surface area contributed by atoms with E-state index in [4.69, 9.17) is 0 Å². The molecule has 0 bridgehead atoms. The van der Waals surface area contributed by atoms with Gasteiger partial charge in [-0.25, -0.2) is 0 Å². The molecule has 0 amide bonds. The van der Waals surface area contributed by atoms with Crippen molar-refractivity contribution in [1.82, 2.24) is 13.5 Å². The number of benzene rings is 12. The highest BCUT2D eigenvalue weighted by Gasteiger charge is 2.20.